The highest BCUT2D eigenvalue weighted by Gasteiger charge is 2.06. The van der Waals surface area contributed by atoms with Crippen molar-refractivity contribution in [3.63, 3.8) is 0 Å². The van der Waals surface area contributed by atoms with Crippen LogP contribution in [0, 0.1) is 0 Å². The number of aryl methyl sites for hydroxylation is 1. The fraction of sp³-hybridized carbons (Fsp3) is 0.200. The van der Waals surface area contributed by atoms with Crippen molar-refractivity contribution in [1.82, 2.24) is 0 Å². The molecule has 0 N–H and O–H groups in total. The molecule has 3 aromatic carbocycles. The highest BCUT2D eigenvalue weighted by atomic mass is 14.1. The highest BCUT2D eigenvalue weighted by molar-refractivity contribution is 6.02. The minimum Gasteiger partial charge on any atom is -0.103 e. The van der Waals surface area contributed by atoms with Gasteiger partial charge in [0.15, 0.2) is 0 Å². The number of allylic oxidation sites excluding steroid dienone is 1. The van der Waals surface area contributed by atoms with Crippen molar-refractivity contribution in [2.45, 2.75) is 25.7 Å². The van der Waals surface area contributed by atoms with E-state index in [9.17, 15) is 0 Å². The SMILES string of the molecule is C=CCCCCc1c2ccccc2cc2ccccc12. The van der Waals surface area contributed by atoms with E-state index >= 15 is 0 Å². The number of hydrogen-bond donors (Lipinski definition) is 0. The van der Waals surface area contributed by atoms with Crippen molar-refractivity contribution in [1.29, 1.82) is 0 Å². The van der Waals surface area contributed by atoms with Gasteiger partial charge in [-0.25, -0.2) is 0 Å². The second-order valence-corrected chi connectivity index (χ2v) is 5.33. The zero-order valence-electron chi connectivity index (χ0n) is 11.8. The Morgan fingerprint density at radius 3 is 2.00 bits per heavy atom. The molecule has 0 aliphatic carbocycles. The van der Waals surface area contributed by atoms with Crippen molar-refractivity contribution in [2.75, 3.05) is 0 Å². The Morgan fingerprint density at radius 1 is 0.800 bits per heavy atom. The minimum absolute atomic E-state index is 1.11. The van der Waals surface area contributed by atoms with Gasteiger partial charge in [0.25, 0.3) is 0 Å². The number of benzene rings is 3. The van der Waals surface area contributed by atoms with Gasteiger partial charge < -0.3 is 0 Å². The molecule has 0 bridgehead atoms. The molecular weight excluding hydrogens is 240 g/mol. The fourth-order valence-electron chi connectivity index (χ4n) is 2.97. The molecule has 0 radical (unpaired) electrons. The average molecular weight is 260 g/mol. The highest BCUT2D eigenvalue weighted by Crippen LogP contribution is 2.29. The lowest BCUT2D eigenvalue weighted by Crippen LogP contribution is -1.91. The molecule has 0 fully saturated rings. The Bertz CT molecular complexity index is 683. The molecule has 0 aliphatic rings. The van der Waals surface area contributed by atoms with Crippen LogP contribution in [0.3, 0.4) is 0 Å². The van der Waals surface area contributed by atoms with Crippen LogP contribution in [0.5, 0.6) is 0 Å². The summed E-state index contributed by atoms with van der Waals surface area (Å²) >= 11 is 0. The van der Waals surface area contributed by atoms with Gasteiger partial charge in [0, 0.05) is 0 Å². The Kier molecular flexibility index (Phi) is 3.83. The van der Waals surface area contributed by atoms with Gasteiger partial charge in [-0.1, -0.05) is 54.6 Å². The van der Waals surface area contributed by atoms with E-state index in [1.807, 2.05) is 6.08 Å². The fourth-order valence-corrected chi connectivity index (χ4v) is 2.97. The van der Waals surface area contributed by atoms with Crippen LogP contribution in [0.15, 0.2) is 67.3 Å². The molecule has 3 rings (SSSR count). The maximum atomic E-state index is 3.81. The topological polar surface area (TPSA) is 0 Å². The molecule has 0 saturated carbocycles. The van der Waals surface area contributed by atoms with E-state index in [-0.39, 0.29) is 0 Å². The van der Waals surface area contributed by atoms with Gasteiger partial charge >= 0.3 is 0 Å². The van der Waals surface area contributed by atoms with Gasteiger partial charge in [-0.2, -0.15) is 0 Å². The van der Waals surface area contributed by atoms with Crippen LogP contribution in [0.4, 0.5) is 0 Å². The second kappa shape index (κ2) is 5.92. The quantitative estimate of drug-likeness (QED) is 0.305. The molecule has 20 heavy (non-hydrogen) atoms. The maximum Gasteiger partial charge on any atom is -0.0146 e. The zero-order valence-corrected chi connectivity index (χ0v) is 11.8. The molecule has 0 heterocycles. The van der Waals surface area contributed by atoms with Crippen LogP contribution < -0.4 is 0 Å². The van der Waals surface area contributed by atoms with Crippen molar-refractivity contribution in [2.24, 2.45) is 0 Å². The van der Waals surface area contributed by atoms with E-state index in [4.69, 9.17) is 0 Å². The minimum atomic E-state index is 1.11. The van der Waals surface area contributed by atoms with Crippen molar-refractivity contribution in [3.05, 3.63) is 72.8 Å². The van der Waals surface area contributed by atoms with E-state index in [1.54, 1.807) is 0 Å². The Morgan fingerprint density at radius 2 is 1.40 bits per heavy atom. The molecule has 0 aliphatic heterocycles. The Hall–Kier alpha value is -2.08. The van der Waals surface area contributed by atoms with E-state index in [0.717, 1.165) is 12.8 Å². The summed E-state index contributed by atoms with van der Waals surface area (Å²) in [6.07, 6.45) is 6.73. The van der Waals surface area contributed by atoms with Gasteiger partial charge in [-0.05, 0) is 58.9 Å². The summed E-state index contributed by atoms with van der Waals surface area (Å²) in [5.74, 6) is 0. The standard InChI is InChI=1S/C20H20/c1-2-3-4-5-14-20-18-12-8-6-10-16(18)15-17-11-7-9-13-19(17)20/h2,6-13,15H,1,3-5,14H2. The normalized spacial score (nSPS) is 11.0. The summed E-state index contributed by atoms with van der Waals surface area (Å²) in [4.78, 5) is 0. The largest absolute Gasteiger partial charge is 0.103 e. The lowest BCUT2D eigenvalue weighted by molar-refractivity contribution is 0.753. The lowest BCUT2D eigenvalue weighted by Gasteiger charge is -2.11. The number of unbranched alkanes of at least 4 members (excludes halogenated alkanes) is 2. The monoisotopic (exact) mass is 260 g/mol. The first-order valence-corrected chi connectivity index (χ1v) is 7.40. The number of hydrogen-bond acceptors (Lipinski definition) is 0. The van der Waals surface area contributed by atoms with E-state index in [1.165, 1.54) is 39.9 Å². The number of fused-ring (bicyclic) bond motifs is 2. The molecular formula is C20H20. The summed E-state index contributed by atoms with van der Waals surface area (Å²) in [5.41, 5.74) is 1.50. The summed E-state index contributed by atoms with van der Waals surface area (Å²) < 4.78 is 0. The summed E-state index contributed by atoms with van der Waals surface area (Å²) in [5, 5.41) is 5.52. The van der Waals surface area contributed by atoms with Crippen LogP contribution in [-0.4, -0.2) is 0 Å². The van der Waals surface area contributed by atoms with E-state index in [2.05, 4.69) is 61.2 Å². The van der Waals surface area contributed by atoms with Crippen molar-refractivity contribution >= 4 is 21.5 Å². The zero-order chi connectivity index (χ0) is 13.8. The maximum absolute atomic E-state index is 3.81. The van der Waals surface area contributed by atoms with Gasteiger partial charge in [0.05, 0.1) is 0 Å². The number of rotatable bonds is 5. The second-order valence-electron chi connectivity index (χ2n) is 5.33. The molecule has 0 amide bonds. The Labute approximate surface area is 120 Å². The molecule has 0 unspecified atom stereocenters. The molecule has 0 saturated heterocycles. The first kappa shape index (κ1) is 12.9. The third-order valence-corrected chi connectivity index (χ3v) is 3.97. The smallest absolute Gasteiger partial charge is 0.0146 e. The first-order valence-electron chi connectivity index (χ1n) is 7.40. The third kappa shape index (κ3) is 2.46. The molecule has 0 nitrogen and oxygen atoms in total. The van der Waals surface area contributed by atoms with Gasteiger partial charge in [-0.3, -0.25) is 0 Å². The summed E-state index contributed by atoms with van der Waals surface area (Å²) in [7, 11) is 0. The molecule has 100 valence electrons. The van der Waals surface area contributed by atoms with Crippen molar-refractivity contribution < 1.29 is 0 Å². The lowest BCUT2D eigenvalue weighted by atomic mass is 9.93. The van der Waals surface area contributed by atoms with Crippen molar-refractivity contribution in [3.8, 4) is 0 Å². The molecule has 0 spiro atoms. The summed E-state index contributed by atoms with van der Waals surface area (Å²) in [6, 6.07) is 19.8. The van der Waals surface area contributed by atoms with Crippen LogP contribution in [0.25, 0.3) is 21.5 Å². The van der Waals surface area contributed by atoms with Gasteiger partial charge in [-0.15, -0.1) is 6.58 Å². The van der Waals surface area contributed by atoms with Gasteiger partial charge in [0.2, 0.25) is 0 Å². The predicted molar refractivity (Wildman–Crippen MR) is 89.2 cm³/mol. The average Bonchev–Trinajstić information content (AvgIpc) is 2.50. The molecule has 0 aromatic heterocycles. The van der Waals surface area contributed by atoms with E-state index in [0.29, 0.717) is 0 Å². The molecule has 0 heteroatoms. The Balaban J connectivity index is 2.10. The predicted octanol–water partition coefficient (Wildman–Crippen LogP) is 5.89. The van der Waals surface area contributed by atoms with Crippen LogP contribution in [-0.2, 0) is 6.42 Å². The van der Waals surface area contributed by atoms with Crippen LogP contribution in [0.1, 0.15) is 24.8 Å². The van der Waals surface area contributed by atoms with Crippen LogP contribution >= 0.6 is 0 Å². The summed E-state index contributed by atoms with van der Waals surface area (Å²) in [6.45, 7) is 3.81. The molecule has 3 aromatic rings. The van der Waals surface area contributed by atoms with Crippen LogP contribution in [0.2, 0.25) is 0 Å². The first-order chi connectivity index (χ1) is 9.90. The van der Waals surface area contributed by atoms with E-state index < -0.39 is 0 Å². The van der Waals surface area contributed by atoms with Gasteiger partial charge in [0.1, 0.15) is 0 Å². The molecule has 0 atom stereocenters. The third-order valence-electron chi connectivity index (χ3n) is 3.97.